The molecule has 6 nitrogen and oxygen atoms in total. The van der Waals surface area contributed by atoms with Gasteiger partial charge in [0, 0.05) is 31.1 Å². The molecule has 26 heavy (non-hydrogen) atoms. The summed E-state index contributed by atoms with van der Waals surface area (Å²) in [6.45, 7) is 0.297. The summed E-state index contributed by atoms with van der Waals surface area (Å²) in [5.74, 6) is -0.871. The number of nitrogens with zero attached hydrogens (tertiary/aromatic N) is 1. The minimum absolute atomic E-state index is 0.0508. The summed E-state index contributed by atoms with van der Waals surface area (Å²) in [4.78, 5) is 11.8. The second kappa shape index (κ2) is 7.07. The largest absolute Gasteiger partial charge is 0.573 e. The third-order valence-electron chi connectivity index (χ3n) is 4.43. The first kappa shape index (κ1) is 19.0. The number of hydrogen-bond acceptors (Lipinski definition) is 4. The Morgan fingerprint density at radius 2 is 1.81 bits per heavy atom. The van der Waals surface area contributed by atoms with E-state index in [2.05, 4.69) is 10.1 Å². The van der Waals surface area contributed by atoms with Gasteiger partial charge in [-0.2, -0.15) is 4.31 Å². The predicted molar refractivity (Wildman–Crippen MR) is 85.8 cm³/mol. The van der Waals surface area contributed by atoms with Gasteiger partial charge in [0.25, 0.3) is 0 Å². The van der Waals surface area contributed by atoms with E-state index in [1.54, 1.807) is 0 Å². The van der Waals surface area contributed by atoms with E-state index in [-0.39, 0.29) is 35.9 Å². The zero-order valence-corrected chi connectivity index (χ0v) is 14.6. The van der Waals surface area contributed by atoms with Crippen LogP contribution >= 0.6 is 0 Å². The van der Waals surface area contributed by atoms with Crippen molar-refractivity contribution < 1.29 is 31.1 Å². The van der Waals surface area contributed by atoms with E-state index in [0.29, 0.717) is 12.8 Å². The number of alkyl halides is 3. The highest BCUT2D eigenvalue weighted by molar-refractivity contribution is 7.89. The van der Waals surface area contributed by atoms with Gasteiger partial charge in [0.05, 0.1) is 4.90 Å². The summed E-state index contributed by atoms with van der Waals surface area (Å²) in [5.41, 5.74) is 0. The number of carbonyl (C=O) groups excluding carboxylic acids is 1. The van der Waals surface area contributed by atoms with Crippen molar-refractivity contribution >= 4 is 15.9 Å². The molecule has 1 saturated heterocycles. The molecular weight excluding hydrogens is 373 g/mol. The lowest BCUT2D eigenvalue weighted by atomic mass is 9.97. The second-order valence-electron chi connectivity index (χ2n) is 6.48. The molecule has 10 heteroatoms. The van der Waals surface area contributed by atoms with E-state index in [1.165, 1.54) is 16.4 Å². The van der Waals surface area contributed by atoms with Crippen LogP contribution < -0.4 is 10.1 Å². The molecule has 0 spiro atoms. The summed E-state index contributed by atoms with van der Waals surface area (Å²) in [6.07, 6.45) is -2.16. The average molecular weight is 392 g/mol. The molecule has 0 bridgehead atoms. The van der Waals surface area contributed by atoms with Gasteiger partial charge in [0.1, 0.15) is 5.75 Å². The van der Waals surface area contributed by atoms with Crippen molar-refractivity contribution in [2.24, 2.45) is 5.92 Å². The Kier molecular flexibility index (Phi) is 5.16. The Bertz CT molecular complexity index is 770. The molecule has 1 amide bonds. The van der Waals surface area contributed by atoms with Crippen LogP contribution in [0.2, 0.25) is 0 Å². The minimum Gasteiger partial charge on any atom is -0.406 e. The van der Waals surface area contributed by atoms with Gasteiger partial charge in [-0.3, -0.25) is 4.79 Å². The fourth-order valence-electron chi connectivity index (χ4n) is 2.89. The zero-order chi connectivity index (χ0) is 18.9. The van der Waals surface area contributed by atoms with E-state index >= 15 is 0 Å². The topological polar surface area (TPSA) is 75.7 Å². The van der Waals surface area contributed by atoms with Gasteiger partial charge in [-0.05, 0) is 37.8 Å². The van der Waals surface area contributed by atoms with Crippen LogP contribution in [0.25, 0.3) is 0 Å². The molecule has 144 valence electrons. The number of sulfonamides is 1. The molecule has 2 aliphatic rings. The van der Waals surface area contributed by atoms with Crippen LogP contribution in [0.15, 0.2) is 29.2 Å². The first-order chi connectivity index (χ1) is 12.1. The number of ether oxygens (including phenoxy) is 1. The number of halogens is 3. The van der Waals surface area contributed by atoms with Crippen molar-refractivity contribution in [2.75, 3.05) is 13.1 Å². The Morgan fingerprint density at radius 1 is 1.15 bits per heavy atom. The summed E-state index contributed by atoms with van der Waals surface area (Å²) in [6, 6.07) is 4.57. The Labute approximate surface area is 149 Å². The van der Waals surface area contributed by atoms with Crippen LogP contribution in [0.4, 0.5) is 13.2 Å². The van der Waals surface area contributed by atoms with Gasteiger partial charge in [0.15, 0.2) is 0 Å². The van der Waals surface area contributed by atoms with Crippen LogP contribution in [-0.4, -0.2) is 44.1 Å². The summed E-state index contributed by atoms with van der Waals surface area (Å²) < 4.78 is 67.2. The van der Waals surface area contributed by atoms with Gasteiger partial charge in [0.2, 0.25) is 15.9 Å². The van der Waals surface area contributed by atoms with Crippen LogP contribution in [0.3, 0.4) is 0 Å². The molecular formula is C16H19F3N2O4S. The zero-order valence-electron chi connectivity index (χ0n) is 13.8. The van der Waals surface area contributed by atoms with Crippen molar-refractivity contribution in [3.05, 3.63) is 24.3 Å². The number of nitrogens with one attached hydrogen (secondary N) is 1. The molecule has 2 fully saturated rings. The molecule has 1 N–H and O–H groups in total. The number of piperidine rings is 1. The fraction of sp³-hybridized carbons (Fsp3) is 0.562. The lowest BCUT2D eigenvalue weighted by molar-refractivity contribution is -0.274. The Balaban J connectivity index is 1.65. The Morgan fingerprint density at radius 3 is 2.38 bits per heavy atom. The van der Waals surface area contributed by atoms with Crippen LogP contribution in [0.5, 0.6) is 5.75 Å². The average Bonchev–Trinajstić information content (AvgIpc) is 3.37. The molecule has 1 heterocycles. The highest BCUT2D eigenvalue weighted by atomic mass is 32.2. The molecule has 0 aromatic heterocycles. The standard InChI is InChI=1S/C16H19F3N2O4S/c17-16(18,19)25-13-2-1-3-14(10-13)26(23,24)21-8-6-11(7-9-21)15(22)20-12-4-5-12/h1-3,10-12H,4-9H2,(H,20,22). The van der Waals surface area contributed by atoms with Crippen molar-refractivity contribution in [3.63, 3.8) is 0 Å². The lowest BCUT2D eigenvalue weighted by Gasteiger charge is -2.30. The number of rotatable bonds is 5. The third kappa shape index (κ3) is 4.67. The number of carbonyl (C=O) groups is 1. The van der Waals surface area contributed by atoms with Gasteiger partial charge in [-0.15, -0.1) is 13.2 Å². The molecule has 0 unspecified atom stereocenters. The third-order valence-corrected chi connectivity index (χ3v) is 6.32. The van der Waals surface area contributed by atoms with Crippen LogP contribution in [-0.2, 0) is 14.8 Å². The van der Waals surface area contributed by atoms with E-state index in [9.17, 15) is 26.4 Å². The van der Waals surface area contributed by atoms with E-state index in [0.717, 1.165) is 25.0 Å². The maximum atomic E-state index is 12.7. The molecule has 1 aliphatic carbocycles. The number of benzene rings is 1. The molecule has 1 aromatic rings. The quantitative estimate of drug-likeness (QED) is 0.834. The molecule has 3 rings (SSSR count). The monoisotopic (exact) mass is 392 g/mol. The molecule has 1 aromatic carbocycles. The fourth-order valence-corrected chi connectivity index (χ4v) is 4.39. The van der Waals surface area contributed by atoms with Gasteiger partial charge in [-0.25, -0.2) is 8.42 Å². The van der Waals surface area contributed by atoms with Gasteiger partial charge < -0.3 is 10.1 Å². The Hall–Kier alpha value is -1.81. The highest BCUT2D eigenvalue weighted by Crippen LogP contribution is 2.29. The van der Waals surface area contributed by atoms with Crippen molar-refractivity contribution in [1.82, 2.24) is 9.62 Å². The van der Waals surface area contributed by atoms with Gasteiger partial charge in [-0.1, -0.05) is 6.07 Å². The van der Waals surface area contributed by atoms with Crippen molar-refractivity contribution in [3.8, 4) is 5.75 Å². The lowest BCUT2D eigenvalue weighted by Crippen LogP contribution is -2.43. The van der Waals surface area contributed by atoms with Crippen LogP contribution in [0, 0.1) is 5.92 Å². The van der Waals surface area contributed by atoms with Crippen LogP contribution in [0.1, 0.15) is 25.7 Å². The SMILES string of the molecule is O=C(NC1CC1)C1CCN(S(=O)(=O)c2cccc(OC(F)(F)F)c2)CC1. The summed E-state index contributed by atoms with van der Waals surface area (Å²) in [5, 5.41) is 2.91. The summed E-state index contributed by atoms with van der Waals surface area (Å²) >= 11 is 0. The van der Waals surface area contributed by atoms with Crippen molar-refractivity contribution in [1.29, 1.82) is 0 Å². The first-order valence-corrected chi connectivity index (χ1v) is 9.75. The van der Waals surface area contributed by atoms with E-state index < -0.39 is 22.1 Å². The van der Waals surface area contributed by atoms with E-state index in [4.69, 9.17) is 0 Å². The smallest absolute Gasteiger partial charge is 0.406 e. The maximum absolute atomic E-state index is 12.7. The minimum atomic E-state index is -4.89. The van der Waals surface area contributed by atoms with Crippen molar-refractivity contribution in [2.45, 2.75) is 43.0 Å². The normalized spacial score (nSPS) is 20.0. The number of hydrogen-bond donors (Lipinski definition) is 1. The molecule has 1 aliphatic heterocycles. The maximum Gasteiger partial charge on any atom is 0.573 e. The highest BCUT2D eigenvalue weighted by Gasteiger charge is 2.35. The van der Waals surface area contributed by atoms with Gasteiger partial charge >= 0.3 is 6.36 Å². The number of amides is 1. The summed E-state index contributed by atoms with van der Waals surface area (Å²) in [7, 11) is -3.95. The second-order valence-corrected chi connectivity index (χ2v) is 8.42. The predicted octanol–water partition coefficient (Wildman–Crippen LogP) is 2.26. The first-order valence-electron chi connectivity index (χ1n) is 8.31. The molecule has 0 atom stereocenters. The van der Waals surface area contributed by atoms with E-state index in [1.807, 2.05) is 0 Å². The molecule has 0 radical (unpaired) electrons. The molecule has 1 saturated carbocycles.